The third kappa shape index (κ3) is 8.84. The van der Waals surface area contributed by atoms with Crippen molar-refractivity contribution in [2.75, 3.05) is 50.8 Å². The van der Waals surface area contributed by atoms with Crippen LogP contribution in [0.4, 0.5) is 5.69 Å². The van der Waals surface area contributed by atoms with Crippen molar-refractivity contribution in [3.05, 3.63) is 66.0 Å². The molecule has 47 heavy (non-hydrogen) atoms. The average Bonchev–Trinajstić information content (AvgIpc) is 3.03. The number of hydrogen-bond acceptors (Lipinski definition) is 5. The zero-order valence-corrected chi connectivity index (χ0v) is 30.9. The first-order valence-corrected chi connectivity index (χ1v) is 18.8. The maximum absolute atomic E-state index is 13.5. The standard InChI is InChI=1S/C39H56N3O4S/c1-10-39(9,27-38(6,7)8)28-45-23-22-40-47(43,44)32-17-15-16-29(24-32)37-33-20-18-30(41(11-2)12-3)25-35(33)46-36-26-31(19-21-34(36)37)42(13-4)14-5/h15-21,24-26,40H,10-14,22-23,27-28H2,1-9H3/q+1. The minimum Gasteiger partial charge on any atom is -0.456 e. The Kier molecular flexibility index (Phi) is 12.0. The molecule has 0 spiro atoms. The Labute approximate surface area is 283 Å². The van der Waals surface area contributed by atoms with E-state index in [2.05, 4.69) is 113 Å². The van der Waals surface area contributed by atoms with Gasteiger partial charge in [-0.1, -0.05) is 46.8 Å². The number of sulfonamides is 1. The van der Waals surface area contributed by atoms with Crippen LogP contribution >= 0.6 is 0 Å². The number of rotatable bonds is 15. The summed E-state index contributed by atoms with van der Waals surface area (Å²) in [5, 5.41) is 2.03. The van der Waals surface area contributed by atoms with E-state index in [1.54, 1.807) is 12.1 Å². The summed E-state index contributed by atoms with van der Waals surface area (Å²) in [6, 6.07) is 19.9. The van der Waals surface area contributed by atoms with Crippen LogP contribution in [0.2, 0.25) is 0 Å². The lowest BCUT2D eigenvalue weighted by Crippen LogP contribution is -2.31. The molecule has 2 aliphatic rings. The van der Waals surface area contributed by atoms with E-state index < -0.39 is 10.0 Å². The quantitative estimate of drug-likeness (QED) is 0.0793. The van der Waals surface area contributed by atoms with E-state index >= 15 is 0 Å². The average molecular weight is 663 g/mol. The number of fused-ring (bicyclic) bond motifs is 2. The Morgan fingerprint density at radius 1 is 0.894 bits per heavy atom. The summed E-state index contributed by atoms with van der Waals surface area (Å²) in [5.74, 6) is 0.766. The van der Waals surface area contributed by atoms with Crippen LogP contribution < -0.4 is 19.6 Å². The van der Waals surface area contributed by atoms with Crippen molar-refractivity contribution in [1.29, 1.82) is 0 Å². The minimum atomic E-state index is -3.76. The molecular formula is C39H56N3O4S+. The van der Waals surface area contributed by atoms with Gasteiger partial charge in [-0.15, -0.1) is 0 Å². The SMILES string of the molecule is CCN(CC)c1ccc2c(-c3cccc(S(=O)(=O)NCCOCC(C)(CC)CC(C)(C)C)c3)c3ccc(=[N+](CC)CC)cc-3oc2c1. The van der Waals surface area contributed by atoms with E-state index in [-0.39, 0.29) is 22.3 Å². The van der Waals surface area contributed by atoms with Gasteiger partial charge in [0, 0.05) is 54.0 Å². The lowest BCUT2D eigenvalue weighted by atomic mass is 9.74. The fourth-order valence-electron chi connectivity index (χ4n) is 6.78. The molecule has 1 heterocycles. The predicted molar refractivity (Wildman–Crippen MR) is 197 cm³/mol. The normalized spacial score (nSPS) is 13.6. The van der Waals surface area contributed by atoms with Crippen LogP contribution in [-0.2, 0) is 14.8 Å². The van der Waals surface area contributed by atoms with Crippen LogP contribution in [-0.4, -0.2) is 54.4 Å². The van der Waals surface area contributed by atoms with Crippen molar-refractivity contribution in [3.63, 3.8) is 0 Å². The molecule has 0 bridgehead atoms. The highest BCUT2D eigenvalue weighted by molar-refractivity contribution is 7.89. The van der Waals surface area contributed by atoms with Crippen molar-refractivity contribution in [3.8, 4) is 22.5 Å². The van der Waals surface area contributed by atoms with Crippen molar-refractivity contribution in [2.45, 2.75) is 80.1 Å². The molecule has 1 aliphatic heterocycles. The number of hydrogen-bond donors (Lipinski definition) is 1. The number of nitrogens with one attached hydrogen (secondary N) is 1. The Hall–Kier alpha value is -3.20. The Morgan fingerprint density at radius 3 is 2.26 bits per heavy atom. The summed E-state index contributed by atoms with van der Waals surface area (Å²) in [4.78, 5) is 2.52. The highest BCUT2D eigenvalue weighted by Crippen LogP contribution is 2.41. The molecule has 4 rings (SSSR count). The van der Waals surface area contributed by atoms with Crippen LogP contribution in [0.3, 0.4) is 0 Å². The second-order valence-electron chi connectivity index (χ2n) is 14.1. The topological polar surface area (TPSA) is 74.8 Å². The predicted octanol–water partition coefficient (Wildman–Crippen LogP) is 8.01. The maximum Gasteiger partial charge on any atom is 0.240 e. The van der Waals surface area contributed by atoms with Gasteiger partial charge in [0.15, 0.2) is 0 Å². The molecule has 8 heteroatoms. The molecule has 1 N–H and O–H groups in total. The molecule has 0 radical (unpaired) electrons. The van der Waals surface area contributed by atoms with E-state index in [1.807, 2.05) is 12.1 Å². The molecule has 256 valence electrons. The fraction of sp³-hybridized carbons (Fsp3) is 0.513. The summed E-state index contributed by atoms with van der Waals surface area (Å²) >= 11 is 0. The van der Waals surface area contributed by atoms with E-state index in [0.717, 1.165) is 83.5 Å². The summed E-state index contributed by atoms with van der Waals surface area (Å²) in [7, 11) is -3.76. The van der Waals surface area contributed by atoms with Crippen molar-refractivity contribution in [2.24, 2.45) is 10.8 Å². The van der Waals surface area contributed by atoms with Crippen LogP contribution in [0, 0.1) is 10.8 Å². The first kappa shape index (κ1) is 36.6. The molecule has 1 aliphatic carbocycles. The Bertz CT molecular complexity index is 1800. The number of nitrogens with zero attached hydrogens (tertiary/aromatic N) is 2. The Morgan fingerprint density at radius 2 is 1.62 bits per heavy atom. The van der Waals surface area contributed by atoms with Crippen molar-refractivity contribution >= 4 is 26.7 Å². The van der Waals surface area contributed by atoms with Crippen LogP contribution in [0.5, 0.6) is 0 Å². The van der Waals surface area contributed by atoms with E-state index in [0.29, 0.717) is 13.2 Å². The van der Waals surface area contributed by atoms with Crippen molar-refractivity contribution in [1.82, 2.24) is 9.30 Å². The largest absolute Gasteiger partial charge is 0.456 e. The first-order chi connectivity index (χ1) is 22.3. The van der Waals surface area contributed by atoms with Gasteiger partial charge in [-0.2, -0.15) is 0 Å². The molecule has 2 aromatic rings. The summed E-state index contributed by atoms with van der Waals surface area (Å²) in [6.45, 7) is 24.4. The fourth-order valence-corrected chi connectivity index (χ4v) is 7.84. The molecular weight excluding hydrogens is 607 g/mol. The molecule has 7 nitrogen and oxygen atoms in total. The second-order valence-corrected chi connectivity index (χ2v) is 15.8. The summed E-state index contributed by atoms with van der Waals surface area (Å²) in [6.07, 6.45) is 2.05. The number of benzene rings is 3. The highest BCUT2D eigenvalue weighted by atomic mass is 32.2. The van der Waals surface area contributed by atoms with Gasteiger partial charge in [0.1, 0.15) is 24.4 Å². The van der Waals surface area contributed by atoms with Gasteiger partial charge in [-0.3, -0.25) is 0 Å². The lowest BCUT2D eigenvalue weighted by Gasteiger charge is -2.34. The number of ether oxygens (including phenoxy) is 1. The lowest BCUT2D eigenvalue weighted by molar-refractivity contribution is 0.0293. The zero-order valence-electron chi connectivity index (χ0n) is 30.1. The molecule has 1 unspecified atom stereocenters. The highest BCUT2D eigenvalue weighted by Gasteiger charge is 2.29. The van der Waals surface area contributed by atoms with Gasteiger partial charge in [0.25, 0.3) is 0 Å². The van der Waals surface area contributed by atoms with Gasteiger partial charge in [-0.05, 0) is 87.3 Å². The summed E-state index contributed by atoms with van der Waals surface area (Å²) < 4.78 is 44.7. The number of anilines is 1. The van der Waals surface area contributed by atoms with Gasteiger partial charge >= 0.3 is 0 Å². The molecule has 2 aromatic carbocycles. The third-order valence-electron chi connectivity index (χ3n) is 9.18. The monoisotopic (exact) mass is 662 g/mol. The first-order valence-electron chi connectivity index (χ1n) is 17.3. The van der Waals surface area contributed by atoms with Crippen LogP contribution in [0.25, 0.3) is 33.4 Å². The van der Waals surface area contributed by atoms with Gasteiger partial charge in [-0.25, -0.2) is 17.7 Å². The van der Waals surface area contributed by atoms with E-state index in [1.165, 1.54) is 0 Å². The van der Waals surface area contributed by atoms with Crippen molar-refractivity contribution < 1.29 is 17.6 Å². The maximum atomic E-state index is 13.5. The van der Waals surface area contributed by atoms with Gasteiger partial charge < -0.3 is 14.1 Å². The van der Waals surface area contributed by atoms with Crippen LogP contribution in [0.15, 0.2) is 70.0 Å². The minimum absolute atomic E-state index is 0.0528. The second kappa shape index (κ2) is 15.3. The summed E-state index contributed by atoms with van der Waals surface area (Å²) in [5.41, 5.74) is 4.83. The smallest absolute Gasteiger partial charge is 0.240 e. The van der Waals surface area contributed by atoms with E-state index in [9.17, 15) is 8.42 Å². The molecule has 1 atom stereocenters. The molecule has 0 aromatic heterocycles. The zero-order chi connectivity index (χ0) is 34.4. The molecule has 0 saturated heterocycles. The van der Waals surface area contributed by atoms with Gasteiger partial charge in [0.2, 0.25) is 15.4 Å². The molecule has 0 saturated carbocycles. The Balaban J connectivity index is 1.70. The molecule has 0 amide bonds. The van der Waals surface area contributed by atoms with Gasteiger partial charge in [0.05, 0.1) is 24.2 Å². The van der Waals surface area contributed by atoms with Crippen LogP contribution in [0.1, 0.15) is 75.2 Å². The molecule has 0 fully saturated rings. The third-order valence-corrected chi connectivity index (χ3v) is 10.6. The van der Waals surface area contributed by atoms with E-state index in [4.69, 9.17) is 9.15 Å².